The second-order valence-electron chi connectivity index (χ2n) is 17.3. The molecule has 10 rings (SSSR count). The molecule has 0 spiro atoms. The minimum atomic E-state index is -0.595. The number of fused-ring (bicyclic) bond motifs is 2. The summed E-state index contributed by atoms with van der Waals surface area (Å²) in [5.41, 5.74) is 11.4. The largest absolute Gasteiger partial charge is 1.00 e. The van der Waals surface area contributed by atoms with E-state index in [4.69, 9.17) is 102 Å². The number of benzene rings is 6. The molecule has 6 aromatic carbocycles. The first-order valence-corrected chi connectivity index (χ1v) is 26.0. The number of amides is 2. The van der Waals surface area contributed by atoms with Crippen molar-refractivity contribution in [1.82, 2.24) is 29.7 Å². The zero-order valence-electron chi connectivity index (χ0n) is 45.1. The van der Waals surface area contributed by atoms with E-state index in [0.29, 0.717) is 58.6 Å². The van der Waals surface area contributed by atoms with Crippen LogP contribution >= 0.6 is 58.0 Å². The Morgan fingerprint density at radius 1 is 0.624 bits per heavy atom. The van der Waals surface area contributed by atoms with Crippen LogP contribution in [0.5, 0.6) is 34.8 Å². The van der Waals surface area contributed by atoms with Crippen molar-refractivity contribution in [2.24, 2.45) is 0 Å². The van der Waals surface area contributed by atoms with E-state index in [2.05, 4.69) is 30.1 Å². The first-order valence-electron chi connectivity index (χ1n) is 24.2. The summed E-state index contributed by atoms with van der Waals surface area (Å²) in [6.07, 6.45) is 2.72. The zero-order valence-corrected chi connectivity index (χ0v) is 55.1. The molecule has 2 aromatic heterocycles. The minimum Gasteiger partial charge on any atom is -0.662 e. The Hall–Kier alpha value is -6.91. The van der Waals surface area contributed by atoms with Crippen molar-refractivity contribution >= 4 is 106 Å². The molecule has 27 heteroatoms. The molecule has 8 aromatic rings. The molecule has 21 nitrogen and oxygen atoms in total. The number of ether oxygens (including phenoxy) is 6. The van der Waals surface area contributed by atoms with E-state index in [-0.39, 0.29) is 162 Å². The Balaban J connectivity index is 0.000000242. The second kappa shape index (κ2) is 33.1. The molecular weight excluding hydrogens is 1330 g/mol. The number of aromatic nitrogens is 4. The Bertz CT molecular complexity index is 3670. The molecule has 0 saturated heterocycles. The van der Waals surface area contributed by atoms with Gasteiger partial charge in [0.25, 0.3) is 18.3 Å². The van der Waals surface area contributed by atoms with Crippen molar-refractivity contribution in [2.75, 3.05) is 39.4 Å². The van der Waals surface area contributed by atoms with Gasteiger partial charge in [-0.05, 0) is 70.3 Å². The van der Waals surface area contributed by atoms with Crippen LogP contribution < -0.4 is 104 Å². The number of rotatable bonds is 15. The van der Waals surface area contributed by atoms with Gasteiger partial charge in [0.1, 0.15) is 46.3 Å². The van der Waals surface area contributed by atoms with Gasteiger partial charge < -0.3 is 59.4 Å². The molecule has 2 aliphatic rings. The predicted octanol–water partition coefficient (Wildman–Crippen LogP) is 8.79. The smallest absolute Gasteiger partial charge is 0.662 e. The van der Waals surface area contributed by atoms with E-state index in [1.54, 1.807) is 42.1 Å². The molecule has 0 saturated carbocycles. The third kappa shape index (κ3) is 18.3. The number of esters is 2. The van der Waals surface area contributed by atoms with Crippen LogP contribution in [0.15, 0.2) is 134 Å². The number of carbonyl (C=O) groups is 5. The molecule has 0 atom stereocenters. The van der Waals surface area contributed by atoms with Crippen LogP contribution in [0.2, 0.25) is 25.4 Å². The number of hydrogen-bond acceptors (Lipinski definition) is 19. The third-order valence-corrected chi connectivity index (χ3v) is 13.1. The minimum absolute atomic E-state index is 0. The normalized spacial score (nSPS) is 11.4. The van der Waals surface area contributed by atoms with E-state index < -0.39 is 11.9 Å². The van der Waals surface area contributed by atoms with Crippen LogP contribution in [0.3, 0.4) is 0 Å². The molecule has 0 fully saturated rings. The number of anilines is 3. The monoisotopic (exact) mass is 1370 g/mol. The second-order valence-corrected chi connectivity index (χ2v) is 19.3. The molecule has 2 amide bonds. The van der Waals surface area contributed by atoms with Gasteiger partial charge in [0.2, 0.25) is 23.0 Å². The summed E-state index contributed by atoms with van der Waals surface area (Å²) in [4.78, 5) is 80.1. The Morgan fingerprint density at radius 2 is 1.07 bits per heavy atom. The standard InChI is InChI=1S/C28H22Cl2N4O5.C15H14ClNO3.C13H9Cl2N3O2.CH2O3.CH4.Cs/c1-34-14-17-9-6-10-22(24(17)26(34)35)39-25-20(30)13-31-28(33-25)32-21-12-19(29)18(11-23(21)37-2)27(36)38-15-16-7-4-3-5-8-16;1-19-14-7-11(12(16)8-13(14)17)15(18)20-9-10-5-3-2-4-6-10;1-18-6-7-3-2-4-9(10(7)12(18)19)20-11-8(14)5-16-13(15)17-11;2-1-4-3;;/h3-13H,14-15H2,1-2H3,(H,31,32,33);2-8H,9,17H2,1H3;2-5H,6H2,1H3;1,3H;1H4;/q;;;;;+1/p-1. The Labute approximate surface area is 571 Å². The Kier molecular flexibility index (Phi) is 26.8. The number of nitrogens with two attached hydrogens (primary N) is 1. The van der Waals surface area contributed by atoms with Crippen LogP contribution in [-0.2, 0) is 45.5 Å². The van der Waals surface area contributed by atoms with E-state index >= 15 is 0 Å². The van der Waals surface area contributed by atoms with Crippen LogP contribution in [0, 0.1) is 0 Å². The molecule has 0 bridgehead atoms. The fourth-order valence-corrected chi connectivity index (χ4v) is 8.68. The fraction of sp³-hybridized carbons (Fsp3) is 0.155. The van der Waals surface area contributed by atoms with Gasteiger partial charge in [0.05, 0.1) is 70.3 Å². The van der Waals surface area contributed by atoms with Crippen LogP contribution in [0.4, 0.5) is 17.3 Å². The van der Waals surface area contributed by atoms with E-state index in [0.717, 1.165) is 22.3 Å². The van der Waals surface area contributed by atoms with Crippen molar-refractivity contribution in [3.05, 3.63) is 204 Å². The number of nitrogen functional groups attached to an aromatic ring is 1. The number of halogens is 5. The van der Waals surface area contributed by atoms with Crippen molar-refractivity contribution in [2.45, 2.75) is 33.7 Å². The fourth-order valence-electron chi connectivity index (χ4n) is 7.80. The zero-order chi connectivity index (χ0) is 59.7. The van der Waals surface area contributed by atoms with Gasteiger partial charge >= 0.3 is 80.8 Å². The molecule has 0 radical (unpaired) electrons. The SMILES string of the molecule is C.CN1Cc2cccc(Oc3nc(Cl)ncc3Cl)c2C1=O.COc1cc(C(=O)OCc2ccccc2)c(Cl)cc1N.COc1cc(C(=O)OCc2ccccc2)c(Cl)cc1Nc1ncc(Cl)c(Oc2cccc3c2C(=O)N(C)C3)n1.O=CO[O-].[Cs+]. The van der Waals surface area contributed by atoms with Crippen molar-refractivity contribution < 1.29 is 131 Å². The number of hydrogen-bond donors (Lipinski definition) is 2. The van der Waals surface area contributed by atoms with Crippen LogP contribution in [-0.4, -0.2) is 88.3 Å². The summed E-state index contributed by atoms with van der Waals surface area (Å²) in [6.45, 7) is 1.16. The molecule has 85 heavy (non-hydrogen) atoms. The van der Waals surface area contributed by atoms with Gasteiger partial charge in [-0.3, -0.25) is 14.4 Å². The van der Waals surface area contributed by atoms with E-state index in [1.165, 1.54) is 50.9 Å². The average Bonchev–Trinajstić information content (AvgIpc) is 4.02. The Morgan fingerprint density at radius 3 is 1.54 bits per heavy atom. The van der Waals surface area contributed by atoms with Gasteiger partial charge in [-0.15, -0.1) is 0 Å². The van der Waals surface area contributed by atoms with Crippen molar-refractivity contribution in [1.29, 1.82) is 0 Å². The van der Waals surface area contributed by atoms with Crippen molar-refractivity contribution in [3.8, 4) is 34.8 Å². The third-order valence-electron chi connectivity index (χ3n) is 11.7. The maximum atomic E-state index is 12.7. The molecular formula is C58H50Cl5CsN8O13. The van der Waals surface area contributed by atoms with E-state index in [9.17, 15) is 19.2 Å². The van der Waals surface area contributed by atoms with Gasteiger partial charge in [-0.1, -0.05) is 139 Å². The molecule has 0 aliphatic carbocycles. The molecule has 2 aliphatic heterocycles. The molecule has 3 N–H and O–H groups in total. The average molecular weight is 1380 g/mol. The van der Waals surface area contributed by atoms with Crippen LogP contribution in [0.25, 0.3) is 0 Å². The quantitative estimate of drug-likeness (QED) is 0.0242. The van der Waals surface area contributed by atoms with Crippen LogP contribution in [0.1, 0.15) is 71.1 Å². The maximum Gasteiger partial charge on any atom is 1.00 e. The number of carbonyl (C=O) groups excluding carboxylic acids is 5. The summed E-state index contributed by atoms with van der Waals surface area (Å²) >= 11 is 30.4. The summed E-state index contributed by atoms with van der Waals surface area (Å²) in [5, 5.41) is 12.2. The first kappa shape index (κ1) is 68.9. The van der Waals surface area contributed by atoms with Crippen molar-refractivity contribution in [3.63, 3.8) is 0 Å². The summed E-state index contributed by atoms with van der Waals surface area (Å²) < 4.78 is 32.7. The summed E-state index contributed by atoms with van der Waals surface area (Å²) in [6, 6.07) is 35.4. The predicted molar refractivity (Wildman–Crippen MR) is 312 cm³/mol. The number of methoxy groups -OCH3 is 2. The summed E-state index contributed by atoms with van der Waals surface area (Å²) in [7, 11) is 6.38. The van der Waals surface area contributed by atoms with Gasteiger partial charge in [0, 0.05) is 27.2 Å². The number of nitrogens with one attached hydrogen (secondary N) is 1. The number of nitrogens with zero attached hydrogens (tertiary/aromatic N) is 6. The topological polar surface area (TPSA) is 269 Å². The van der Waals surface area contributed by atoms with Gasteiger partial charge in [-0.25, -0.2) is 19.6 Å². The van der Waals surface area contributed by atoms with Gasteiger partial charge in [-0.2, -0.15) is 9.97 Å². The molecule has 4 heterocycles. The van der Waals surface area contributed by atoms with Gasteiger partial charge in [0.15, 0.2) is 0 Å². The molecule has 436 valence electrons. The van der Waals surface area contributed by atoms with E-state index in [1.807, 2.05) is 78.9 Å². The maximum absolute atomic E-state index is 12.7. The summed E-state index contributed by atoms with van der Waals surface area (Å²) in [5.74, 6) is 0.402. The first-order chi connectivity index (χ1) is 39.9. The molecule has 0 unspecified atom stereocenters.